The Morgan fingerprint density at radius 2 is 1.74 bits per heavy atom. The van der Waals surface area contributed by atoms with Gasteiger partial charge in [-0.15, -0.1) is 0 Å². The van der Waals surface area contributed by atoms with Crippen LogP contribution in [0.2, 0.25) is 0 Å². The first-order chi connectivity index (χ1) is 8.63. The molecule has 0 radical (unpaired) electrons. The normalized spacial score (nSPS) is 10.1. The largest absolute Gasteiger partial charge is 0.505 e. The van der Waals surface area contributed by atoms with Crippen molar-refractivity contribution in [3.63, 3.8) is 0 Å². The molecular weight excluding hydrogens is 279 g/mol. The predicted molar refractivity (Wildman–Crippen MR) is 63.0 cm³/mol. The van der Waals surface area contributed by atoms with Crippen LogP contribution >= 0.6 is 7.82 Å². The number of phosphoric acid groups is 1. The third-order valence-corrected chi connectivity index (χ3v) is 1.90. The molecule has 0 heterocycles. The Balaban J connectivity index is 0.000000344. The minimum Gasteiger partial charge on any atom is -0.478 e. The number of carboxylic acid groups (broad SMARTS) is 1. The van der Waals surface area contributed by atoms with Crippen LogP contribution in [-0.4, -0.2) is 26.8 Å². The van der Waals surface area contributed by atoms with Gasteiger partial charge in [-0.3, -0.25) is 4.89 Å². The van der Waals surface area contributed by atoms with Gasteiger partial charge in [-0.25, -0.2) is 14.2 Å². The first kappa shape index (κ1) is 17.3. The van der Waals surface area contributed by atoms with Crippen molar-refractivity contribution in [1.82, 2.24) is 0 Å². The van der Waals surface area contributed by atoms with Gasteiger partial charge in [0, 0.05) is 6.92 Å². The number of hydrogen-bond acceptors (Lipinski definition) is 5. The van der Waals surface area contributed by atoms with Crippen molar-refractivity contribution >= 4 is 19.8 Å². The van der Waals surface area contributed by atoms with Crippen molar-refractivity contribution < 1.29 is 38.6 Å². The highest BCUT2D eigenvalue weighted by Crippen LogP contribution is 2.35. The summed E-state index contributed by atoms with van der Waals surface area (Å²) in [5.41, 5.74) is 1.18. The average Bonchev–Trinajstić information content (AvgIpc) is 2.26. The molecule has 0 saturated carbocycles. The van der Waals surface area contributed by atoms with Crippen LogP contribution in [0, 0.1) is 6.92 Å². The van der Waals surface area contributed by atoms with Crippen LogP contribution in [0.25, 0.3) is 0 Å². The first-order valence-corrected chi connectivity index (χ1v) is 6.38. The van der Waals surface area contributed by atoms with Crippen molar-refractivity contribution in [2.75, 3.05) is 0 Å². The van der Waals surface area contributed by atoms with Gasteiger partial charge < -0.3 is 14.9 Å². The number of hydrogen-bond donors (Lipinski definition) is 3. The Morgan fingerprint density at radius 3 is 2.00 bits per heavy atom. The fraction of sp³-hybridized carbons (Fsp3) is 0.200. The van der Waals surface area contributed by atoms with Gasteiger partial charge >= 0.3 is 19.8 Å². The summed E-state index contributed by atoms with van der Waals surface area (Å²) in [5.74, 6) is -1.78. The average molecular weight is 292 g/mol. The molecule has 1 aromatic rings. The van der Waals surface area contributed by atoms with E-state index in [9.17, 15) is 14.2 Å². The zero-order valence-electron chi connectivity index (χ0n) is 10.1. The Kier molecular flexibility index (Phi) is 6.95. The molecule has 8 nitrogen and oxygen atoms in total. The Morgan fingerprint density at radius 1 is 1.21 bits per heavy atom. The van der Waals surface area contributed by atoms with Gasteiger partial charge in [0.05, 0.1) is 5.56 Å². The molecule has 0 aliphatic rings. The standard InChI is InChI=1S/C8H8O2.C2H5O6P/c1-6-4-2-3-5-7(6)8(9)10;1-2(3)7-8-9(4,5)6/h2-5H,1H3,(H,9,10);1H3,(H2,4,5,6). The van der Waals surface area contributed by atoms with Crippen molar-refractivity contribution in [1.29, 1.82) is 0 Å². The van der Waals surface area contributed by atoms with Gasteiger partial charge in [0.15, 0.2) is 0 Å². The second-order valence-electron chi connectivity index (χ2n) is 3.26. The van der Waals surface area contributed by atoms with Crippen molar-refractivity contribution in [2.45, 2.75) is 13.8 Å². The molecule has 0 spiro atoms. The van der Waals surface area contributed by atoms with Gasteiger partial charge in [0.25, 0.3) is 0 Å². The molecule has 0 aliphatic heterocycles. The lowest BCUT2D eigenvalue weighted by atomic mass is 10.1. The number of benzene rings is 1. The van der Waals surface area contributed by atoms with Crippen molar-refractivity contribution in [2.24, 2.45) is 0 Å². The van der Waals surface area contributed by atoms with Gasteiger partial charge in [-0.1, -0.05) is 22.9 Å². The van der Waals surface area contributed by atoms with E-state index >= 15 is 0 Å². The molecular formula is C10H13O8P. The van der Waals surface area contributed by atoms with Gasteiger partial charge in [0.1, 0.15) is 0 Å². The number of aryl methyl sites for hydroxylation is 1. The molecule has 0 saturated heterocycles. The molecule has 0 aliphatic carbocycles. The fourth-order valence-corrected chi connectivity index (χ4v) is 1.12. The van der Waals surface area contributed by atoms with Crippen LogP contribution in [0.1, 0.15) is 22.8 Å². The number of aromatic carboxylic acids is 1. The molecule has 1 rings (SSSR count). The van der Waals surface area contributed by atoms with E-state index in [4.69, 9.17) is 14.9 Å². The van der Waals surface area contributed by atoms with E-state index in [1.807, 2.05) is 6.07 Å². The highest BCUT2D eigenvalue weighted by molar-refractivity contribution is 7.46. The topological polar surface area (TPSA) is 130 Å². The molecule has 0 unspecified atom stereocenters. The Hall–Kier alpha value is -1.73. The highest BCUT2D eigenvalue weighted by atomic mass is 31.2. The van der Waals surface area contributed by atoms with Gasteiger partial charge in [-0.05, 0) is 18.6 Å². The summed E-state index contributed by atoms with van der Waals surface area (Å²) in [6, 6.07) is 6.92. The molecule has 3 N–H and O–H groups in total. The minimum atomic E-state index is -4.66. The zero-order valence-corrected chi connectivity index (χ0v) is 11.0. The second kappa shape index (κ2) is 7.65. The van der Waals surface area contributed by atoms with Crippen LogP contribution in [-0.2, 0) is 18.9 Å². The molecule has 0 atom stereocenters. The molecule has 1 aromatic carbocycles. The number of carbonyl (C=O) groups excluding carboxylic acids is 1. The van der Waals surface area contributed by atoms with Crippen molar-refractivity contribution in [3.8, 4) is 0 Å². The van der Waals surface area contributed by atoms with E-state index in [0.717, 1.165) is 12.5 Å². The molecule has 0 amide bonds. The minimum absolute atomic E-state index is 0.377. The maximum atomic E-state index is 10.4. The second-order valence-corrected chi connectivity index (χ2v) is 4.39. The smallest absolute Gasteiger partial charge is 0.478 e. The van der Waals surface area contributed by atoms with E-state index in [-0.39, 0.29) is 0 Å². The molecule has 0 aromatic heterocycles. The Labute approximate surface area is 108 Å². The SMILES string of the molecule is CC(=O)OOP(=O)(O)O.Cc1ccccc1C(=O)O. The Bertz CT molecular complexity index is 492. The van der Waals surface area contributed by atoms with E-state index in [1.54, 1.807) is 25.1 Å². The molecule has 106 valence electrons. The lowest BCUT2D eigenvalue weighted by Gasteiger charge is -1.99. The van der Waals surface area contributed by atoms with Crippen LogP contribution in [0.3, 0.4) is 0 Å². The summed E-state index contributed by atoms with van der Waals surface area (Å²) >= 11 is 0. The van der Waals surface area contributed by atoms with Crippen LogP contribution in [0.4, 0.5) is 0 Å². The summed E-state index contributed by atoms with van der Waals surface area (Å²) in [6.07, 6.45) is 0. The number of rotatable bonds is 3. The predicted octanol–water partition coefficient (Wildman–Crippen LogP) is 1.27. The highest BCUT2D eigenvalue weighted by Gasteiger charge is 2.16. The molecule has 19 heavy (non-hydrogen) atoms. The third kappa shape index (κ3) is 8.92. The lowest BCUT2D eigenvalue weighted by Crippen LogP contribution is -1.97. The maximum absolute atomic E-state index is 10.4. The van der Waals surface area contributed by atoms with E-state index < -0.39 is 19.8 Å². The monoisotopic (exact) mass is 292 g/mol. The van der Waals surface area contributed by atoms with Crippen LogP contribution < -0.4 is 0 Å². The maximum Gasteiger partial charge on any atom is 0.505 e. The first-order valence-electron chi connectivity index (χ1n) is 4.85. The summed E-state index contributed by atoms with van der Waals surface area (Å²) < 4.78 is 13.0. The lowest BCUT2D eigenvalue weighted by molar-refractivity contribution is -0.219. The summed E-state index contributed by atoms with van der Waals surface area (Å²) in [7, 11) is -4.66. The molecule has 0 bridgehead atoms. The number of carbonyl (C=O) groups is 2. The summed E-state index contributed by atoms with van der Waals surface area (Å²) in [5, 5.41) is 8.57. The van der Waals surface area contributed by atoms with Crippen LogP contribution in [0.5, 0.6) is 0 Å². The van der Waals surface area contributed by atoms with E-state index in [1.165, 1.54) is 0 Å². The quantitative estimate of drug-likeness (QED) is 0.431. The molecule has 9 heteroatoms. The number of carboxylic acids is 1. The molecule has 0 fully saturated rings. The van der Waals surface area contributed by atoms with Crippen LogP contribution in [0.15, 0.2) is 24.3 Å². The van der Waals surface area contributed by atoms with E-state index in [2.05, 4.69) is 9.56 Å². The van der Waals surface area contributed by atoms with E-state index in [0.29, 0.717) is 5.56 Å². The summed E-state index contributed by atoms with van der Waals surface area (Å²) in [6.45, 7) is 2.74. The van der Waals surface area contributed by atoms with Gasteiger partial charge in [0.2, 0.25) is 0 Å². The fourth-order valence-electron chi connectivity index (χ4n) is 0.914. The summed E-state index contributed by atoms with van der Waals surface area (Å²) in [4.78, 5) is 39.5. The van der Waals surface area contributed by atoms with Gasteiger partial charge in [-0.2, -0.15) is 0 Å². The zero-order chi connectivity index (χ0) is 15.1. The third-order valence-electron chi connectivity index (χ3n) is 1.63. The van der Waals surface area contributed by atoms with Crippen molar-refractivity contribution in [3.05, 3.63) is 35.4 Å².